The summed E-state index contributed by atoms with van der Waals surface area (Å²) in [6, 6.07) is 16.4. The van der Waals surface area contributed by atoms with Crippen molar-refractivity contribution in [1.82, 2.24) is 4.90 Å². The van der Waals surface area contributed by atoms with E-state index in [1.807, 2.05) is 35.2 Å². The van der Waals surface area contributed by atoms with Gasteiger partial charge in [-0.25, -0.2) is 4.79 Å². The number of carbonyl (C=O) groups excluding carboxylic acids is 1. The van der Waals surface area contributed by atoms with Crippen molar-refractivity contribution in [3.05, 3.63) is 70.8 Å². The minimum absolute atomic E-state index is 0.0667. The van der Waals surface area contributed by atoms with Crippen LogP contribution in [0.4, 0.5) is 4.79 Å². The van der Waals surface area contributed by atoms with Crippen LogP contribution in [0.1, 0.15) is 54.9 Å². The molecule has 2 bridgehead atoms. The van der Waals surface area contributed by atoms with Crippen molar-refractivity contribution in [1.29, 1.82) is 0 Å². The quantitative estimate of drug-likeness (QED) is 0.705. The average Bonchev–Trinajstić information content (AvgIpc) is 2.75. The van der Waals surface area contributed by atoms with Gasteiger partial charge in [-0.2, -0.15) is 0 Å². The van der Waals surface area contributed by atoms with Crippen LogP contribution in [0.15, 0.2) is 48.5 Å². The van der Waals surface area contributed by atoms with Crippen molar-refractivity contribution in [3.8, 4) is 0 Å². The largest absolute Gasteiger partial charge is 0.481 e. The monoisotopic (exact) mass is 421 g/mol. The van der Waals surface area contributed by atoms with Crippen LogP contribution in [0.25, 0.3) is 0 Å². The van der Waals surface area contributed by atoms with E-state index in [1.54, 1.807) is 0 Å². The number of carbonyl (C=O) groups is 2. The molecule has 5 heteroatoms. The Bertz CT molecular complexity index is 957. The minimum Gasteiger partial charge on any atom is -0.481 e. The van der Waals surface area contributed by atoms with E-state index in [-0.39, 0.29) is 36.5 Å². The molecule has 0 aromatic heterocycles. The molecule has 1 saturated heterocycles. The van der Waals surface area contributed by atoms with E-state index in [1.165, 1.54) is 16.7 Å². The Morgan fingerprint density at radius 1 is 1.19 bits per heavy atom. The number of rotatable bonds is 6. The Kier molecular flexibility index (Phi) is 6.03. The van der Waals surface area contributed by atoms with Gasteiger partial charge in [0, 0.05) is 24.4 Å². The Balaban J connectivity index is 1.57. The molecule has 1 aliphatic heterocycles. The van der Waals surface area contributed by atoms with Crippen molar-refractivity contribution >= 4 is 12.1 Å². The summed E-state index contributed by atoms with van der Waals surface area (Å²) >= 11 is 0. The highest BCUT2D eigenvalue weighted by Crippen LogP contribution is 2.52. The van der Waals surface area contributed by atoms with E-state index in [2.05, 4.69) is 32.0 Å². The maximum atomic E-state index is 13.0. The first-order valence-electron chi connectivity index (χ1n) is 11.2. The zero-order valence-corrected chi connectivity index (χ0v) is 18.3. The van der Waals surface area contributed by atoms with Gasteiger partial charge in [-0.15, -0.1) is 0 Å². The van der Waals surface area contributed by atoms with Gasteiger partial charge in [-0.05, 0) is 55.2 Å². The number of carboxylic acid groups (broad SMARTS) is 1. The molecule has 4 rings (SSSR count). The normalized spacial score (nSPS) is 24.4. The van der Waals surface area contributed by atoms with E-state index >= 15 is 0 Å². The molecule has 0 saturated carbocycles. The smallest absolute Gasteiger partial charge is 0.410 e. The van der Waals surface area contributed by atoms with Crippen molar-refractivity contribution < 1.29 is 19.4 Å². The van der Waals surface area contributed by atoms with E-state index in [4.69, 9.17) is 9.84 Å². The number of carboxylic acids is 1. The lowest BCUT2D eigenvalue weighted by molar-refractivity contribution is -0.137. The van der Waals surface area contributed by atoms with Gasteiger partial charge >= 0.3 is 12.1 Å². The summed E-state index contributed by atoms with van der Waals surface area (Å²) in [6.45, 7) is 5.26. The number of hydrogen-bond donors (Lipinski definition) is 1. The summed E-state index contributed by atoms with van der Waals surface area (Å²) in [6.07, 6.45) is 3.07. The number of fused-ring (bicyclic) bond motifs is 4. The SMILES string of the molecule is Cc1ccc2c(c1)[C@]1(CCCC(=O)O)CCN(C(=O)OCc3ccccc3)[C@H](C2)[C@@H]1C. The maximum Gasteiger partial charge on any atom is 0.410 e. The third kappa shape index (κ3) is 4.18. The Labute approximate surface area is 184 Å². The molecule has 0 spiro atoms. The Morgan fingerprint density at radius 3 is 2.71 bits per heavy atom. The summed E-state index contributed by atoms with van der Waals surface area (Å²) in [4.78, 5) is 26.1. The van der Waals surface area contributed by atoms with Crippen molar-refractivity contribution in [2.75, 3.05) is 6.54 Å². The molecule has 31 heavy (non-hydrogen) atoms. The predicted octanol–water partition coefficient (Wildman–Crippen LogP) is 5.09. The fourth-order valence-electron chi connectivity index (χ4n) is 5.65. The fraction of sp³-hybridized carbons (Fsp3) is 0.462. The Morgan fingerprint density at radius 2 is 1.97 bits per heavy atom. The molecule has 164 valence electrons. The van der Waals surface area contributed by atoms with Crippen LogP contribution in [0.3, 0.4) is 0 Å². The van der Waals surface area contributed by atoms with Gasteiger partial charge in [-0.3, -0.25) is 4.79 Å². The van der Waals surface area contributed by atoms with E-state index in [0.717, 1.165) is 24.8 Å². The number of ether oxygens (including phenoxy) is 1. The standard InChI is InChI=1S/C26H31NO4/c1-18-10-11-21-16-23-19(2)26(22(21)15-18,12-6-9-24(28)29)13-14-27(23)25(30)31-17-20-7-4-3-5-8-20/h3-5,7-8,10-11,15,19,23H,6,9,12-14,16-17H2,1-2H3,(H,28,29)/t19-,23+,26+/m0/s1. The second kappa shape index (κ2) is 8.74. The number of piperidine rings is 1. The Hall–Kier alpha value is -2.82. The van der Waals surface area contributed by atoms with Crippen LogP contribution in [-0.2, 0) is 28.0 Å². The highest BCUT2D eigenvalue weighted by Gasteiger charge is 2.52. The lowest BCUT2D eigenvalue weighted by atomic mass is 9.56. The molecule has 1 aliphatic carbocycles. The molecule has 1 N–H and O–H groups in total. The first-order valence-corrected chi connectivity index (χ1v) is 11.2. The van der Waals surface area contributed by atoms with Crippen LogP contribution in [0.5, 0.6) is 0 Å². The van der Waals surface area contributed by atoms with Crippen molar-refractivity contribution in [2.24, 2.45) is 5.92 Å². The number of hydrogen-bond acceptors (Lipinski definition) is 3. The molecular formula is C26H31NO4. The molecule has 2 aliphatic rings. The van der Waals surface area contributed by atoms with Gasteiger partial charge < -0.3 is 14.7 Å². The molecule has 1 heterocycles. The van der Waals surface area contributed by atoms with E-state index in [0.29, 0.717) is 13.0 Å². The first-order chi connectivity index (χ1) is 14.9. The highest BCUT2D eigenvalue weighted by atomic mass is 16.6. The van der Waals surface area contributed by atoms with Gasteiger partial charge in [0.05, 0.1) is 0 Å². The fourth-order valence-corrected chi connectivity index (χ4v) is 5.65. The van der Waals surface area contributed by atoms with Crippen LogP contribution >= 0.6 is 0 Å². The van der Waals surface area contributed by atoms with Crippen molar-refractivity contribution in [3.63, 3.8) is 0 Å². The second-order valence-corrected chi connectivity index (χ2v) is 9.11. The number of aliphatic carboxylic acids is 1. The topological polar surface area (TPSA) is 66.8 Å². The minimum atomic E-state index is -0.747. The van der Waals surface area contributed by atoms with Crippen molar-refractivity contribution in [2.45, 2.75) is 64.0 Å². The number of benzene rings is 2. The van der Waals surface area contributed by atoms with Gasteiger partial charge in [0.1, 0.15) is 6.61 Å². The summed E-state index contributed by atoms with van der Waals surface area (Å²) < 4.78 is 5.67. The first kappa shape index (κ1) is 21.4. The molecule has 1 amide bonds. The molecule has 3 atom stereocenters. The molecule has 5 nitrogen and oxygen atoms in total. The summed E-state index contributed by atoms with van der Waals surface area (Å²) in [5.74, 6) is -0.503. The van der Waals surface area contributed by atoms with Crippen LogP contribution < -0.4 is 0 Å². The predicted molar refractivity (Wildman–Crippen MR) is 119 cm³/mol. The van der Waals surface area contributed by atoms with Gasteiger partial charge in [0.25, 0.3) is 0 Å². The summed E-state index contributed by atoms with van der Waals surface area (Å²) in [5.41, 5.74) is 4.76. The lowest BCUT2D eigenvalue weighted by Crippen LogP contribution is -2.60. The van der Waals surface area contributed by atoms with Gasteiger partial charge in [-0.1, -0.05) is 61.0 Å². The lowest BCUT2D eigenvalue weighted by Gasteiger charge is -2.55. The maximum absolute atomic E-state index is 13.0. The van der Waals surface area contributed by atoms with E-state index < -0.39 is 5.97 Å². The molecule has 2 aromatic rings. The number of aryl methyl sites for hydroxylation is 1. The zero-order chi connectivity index (χ0) is 22.0. The molecule has 0 radical (unpaired) electrons. The third-order valence-corrected chi connectivity index (χ3v) is 7.33. The molecule has 2 aromatic carbocycles. The molecule has 0 unspecified atom stereocenters. The van der Waals surface area contributed by atoms with E-state index in [9.17, 15) is 9.59 Å². The average molecular weight is 422 g/mol. The summed E-state index contributed by atoms with van der Waals surface area (Å²) in [5, 5.41) is 9.17. The number of nitrogens with zero attached hydrogens (tertiary/aromatic N) is 1. The third-order valence-electron chi connectivity index (χ3n) is 7.33. The number of amides is 1. The van der Waals surface area contributed by atoms with Crippen LogP contribution in [-0.4, -0.2) is 34.7 Å². The number of likely N-dealkylation sites (tertiary alicyclic amines) is 1. The van der Waals surface area contributed by atoms with Crippen LogP contribution in [0.2, 0.25) is 0 Å². The van der Waals surface area contributed by atoms with Gasteiger partial charge in [0.15, 0.2) is 0 Å². The molecular weight excluding hydrogens is 390 g/mol. The zero-order valence-electron chi connectivity index (χ0n) is 18.3. The molecule has 1 fully saturated rings. The van der Waals surface area contributed by atoms with Gasteiger partial charge in [0.2, 0.25) is 0 Å². The van der Waals surface area contributed by atoms with Crippen LogP contribution in [0, 0.1) is 12.8 Å². The second-order valence-electron chi connectivity index (χ2n) is 9.11. The summed E-state index contributed by atoms with van der Waals surface area (Å²) in [7, 11) is 0. The highest BCUT2D eigenvalue weighted by molar-refractivity contribution is 5.69.